The third-order valence-corrected chi connectivity index (χ3v) is 11.8. The van der Waals surface area contributed by atoms with E-state index in [2.05, 4.69) is 224 Å². The van der Waals surface area contributed by atoms with Gasteiger partial charge in [-0.05, 0) is 85.7 Å². The molecular weight excluding hydrogens is 971 g/mol. The van der Waals surface area contributed by atoms with E-state index in [1.54, 1.807) is 0 Å². The molecule has 1 radical (unpaired) electrons. The van der Waals surface area contributed by atoms with Crippen molar-refractivity contribution in [3.05, 3.63) is 205 Å². The van der Waals surface area contributed by atoms with E-state index in [-0.39, 0.29) is 42.1 Å². The summed E-state index contributed by atoms with van der Waals surface area (Å²) in [5.41, 5.74) is 15.7. The quantitative estimate of drug-likeness (QED) is 0.169. The Morgan fingerprint density at radius 2 is 1.06 bits per heavy atom. The van der Waals surface area contributed by atoms with E-state index in [4.69, 9.17) is 4.98 Å². The fourth-order valence-electron chi connectivity index (χ4n) is 8.12. The third-order valence-electron chi connectivity index (χ3n) is 11.8. The molecule has 2 aromatic heterocycles. The molecule has 0 saturated heterocycles. The van der Waals surface area contributed by atoms with Gasteiger partial charge in [0, 0.05) is 37.4 Å². The van der Waals surface area contributed by atoms with Crippen molar-refractivity contribution in [1.29, 1.82) is 0 Å². The number of phenols is 1. The van der Waals surface area contributed by atoms with Crippen LogP contribution >= 0.6 is 0 Å². The SMILES string of the molecule is CC(C)(C)c1cc(-c2nc3ccc(-c4ccccc4)cc3n2-c2ccccc2-c2ccccc2)c(O)c(C(C)(C)C)c1.CC(C)(C)c1cc[c-]c(-c2cc(-c3ccccc3)ccn2)c1.[Ir]. The van der Waals surface area contributed by atoms with Gasteiger partial charge in [0.05, 0.1) is 22.3 Å². The molecule has 9 aromatic rings. The van der Waals surface area contributed by atoms with Gasteiger partial charge >= 0.3 is 0 Å². The Morgan fingerprint density at radius 1 is 0.492 bits per heavy atom. The number of aromatic hydroxyl groups is 1. The minimum atomic E-state index is -0.251. The number of benzene rings is 7. The van der Waals surface area contributed by atoms with E-state index in [0.717, 1.165) is 67.2 Å². The molecule has 329 valence electrons. The average Bonchev–Trinajstić information content (AvgIpc) is 3.68. The van der Waals surface area contributed by atoms with Gasteiger partial charge in [-0.1, -0.05) is 190 Å². The molecule has 0 saturated carbocycles. The second kappa shape index (κ2) is 19.0. The van der Waals surface area contributed by atoms with Crippen LogP contribution in [0.15, 0.2) is 182 Å². The maximum atomic E-state index is 11.9. The fraction of sp³-hybridized carbons (Fsp3) is 0.200. The van der Waals surface area contributed by atoms with Crippen LogP contribution in [0.2, 0.25) is 0 Å². The zero-order chi connectivity index (χ0) is 45.2. The summed E-state index contributed by atoms with van der Waals surface area (Å²) in [7, 11) is 0. The Balaban J connectivity index is 0.000000231. The van der Waals surface area contributed by atoms with Crippen molar-refractivity contribution in [2.45, 2.75) is 78.6 Å². The zero-order valence-electron chi connectivity index (χ0n) is 38.9. The van der Waals surface area contributed by atoms with Crippen molar-refractivity contribution in [1.82, 2.24) is 14.5 Å². The second-order valence-electron chi connectivity index (χ2n) is 19.7. The van der Waals surface area contributed by atoms with Gasteiger partial charge in [-0.3, -0.25) is 4.57 Å². The molecule has 9 rings (SSSR count). The van der Waals surface area contributed by atoms with Crippen molar-refractivity contribution in [3.63, 3.8) is 0 Å². The molecule has 0 atom stereocenters. The van der Waals surface area contributed by atoms with Crippen LogP contribution in [0.5, 0.6) is 5.75 Å². The maximum Gasteiger partial charge on any atom is 0.149 e. The number of fused-ring (bicyclic) bond motifs is 1. The Bertz CT molecular complexity index is 3040. The molecule has 2 heterocycles. The number of pyridine rings is 1. The molecule has 0 unspecified atom stereocenters. The Hall–Kier alpha value is -6.39. The summed E-state index contributed by atoms with van der Waals surface area (Å²) in [5.74, 6) is 1.01. The molecular formula is C60H58IrN3O-. The van der Waals surface area contributed by atoms with Crippen molar-refractivity contribution < 1.29 is 25.2 Å². The van der Waals surface area contributed by atoms with Crippen LogP contribution in [0.3, 0.4) is 0 Å². The Morgan fingerprint density at radius 3 is 1.66 bits per heavy atom. The molecule has 0 aliphatic carbocycles. The molecule has 0 aliphatic heterocycles. The van der Waals surface area contributed by atoms with Crippen LogP contribution in [-0.2, 0) is 36.4 Å². The number of imidazole rings is 1. The van der Waals surface area contributed by atoms with Gasteiger partial charge in [-0.25, -0.2) is 4.98 Å². The second-order valence-corrected chi connectivity index (χ2v) is 19.7. The van der Waals surface area contributed by atoms with Gasteiger partial charge in [0.2, 0.25) is 0 Å². The van der Waals surface area contributed by atoms with Crippen LogP contribution in [0.25, 0.3) is 72.7 Å². The molecule has 0 fully saturated rings. The third kappa shape index (κ3) is 10.3. The summed E-state index contributed by atoms with van der Waals surface area (Å²) in [4.78, 5) is 9.77. The molecule has 0 bridgehead atoms. The van der Waals surface area contributed by atoms with E-state index in [1.165, 1.54) is 22.3 Å². The fourth-order valence-corrected chi connectivity index (χ4v) is 8.12. The molecule has 65 heavy (non-hydrogen) atoms. The number of nitrogens with zero attached hydrogens (tertiary/aromatic N) is 3. The normalized spacial score (nSPS) is 11.7. The van der Waals surface area contributed by atoms with Gasteiger partial charge in [0.1, 0.15) is 11.6 Å². The number of para-hydroxylation sites is 1. The van der Waals surface area contributed by atoms with Crippen LogP contribution in [-0.4, -0.2) is 19.6 Å². The van der Waals surface area contributed by atoms with Crippen molar-refractivity contribution >= 4 is 11.0 Å². The van der Waals surface area contributed by atoms with E-state index in [1.807, 2.05) is 36.5 Å². The molecule has 5 heteroatoms. The smallest absolute Gasteiger partial charge is 0.149 e. The first-order valence-electron chi connectivity index (χ1n) is 22.2. The summed E-state index contributed by atoms with van der Waals surface area (Å²) in [5, 5.41) is 11.9. The first kappa shape index (κ1) is 46.6. The topological polar surface area (TPSA) is 50.9 Å². The van der Waals surface area contributed by atoms with Gasteiger partial charge in [0.25, 0.3) is 0 Å². The summed E-state index contributed by atoms with van der Waals surface area (Å²) in [6.45, 7) is 19.8. The maximum absolute atomic E-state index is 11.9. The summed E-state index contributed by atoms with van der Waals surface area (Å²) in [6, 6.07) is 64.3. The standard InChI is InChI=1S/C39H38N2O.C21H20N.Ir/c1-38(2,3)29-24-31(36(42)32(25-29)39(4,5)6)37-40-33-22-21-28(26-15-9-7-10-16-26)23-35(33)41(37)34-20-14-13-19-30(34)27-17-11-8-12-18-27;1-21(2,3)19-11-7-10-18(14-19)20-15-17(12-13-22-20)16-8-5-4-6-9-16;/h7-25,42H,1-6H3;4-9,11-15H,1-3H3;/q;-1;. The van der Waals surface area contributed by atoms with E-state index >= 15 is 0 Å². The summed E-state index contributed by atoms with van der Waals surface area (Å²) in [6.07, 6.45) is 1.87. The van der Waals surface area contributed by atoms with Crippen molar-refractivity contribution in [2.24, 2.45) is 0 Å². The predicted molar refractivity (Wildman–Crippen MR) is 269 cm³/mol. The van der Waals surface area contributed by atoms with Gasteiger partial charge in [-0.15, -0.1) is 35.4 Å². The monoisotopic (exact) mass is 1030 g/mol. The number of phenolic OH excluding ortho intramolecular Hbond substituents is 1. The van der Waals surface area contributed by atoms with Crippen LogP contribution in [0.1, 0.15) is 79.0 Å². The van der Waals surface area contributed by atoms with E-state index in [0.29, 0.717) is 0 Å². The van der Waals surface area contributed by atoms with E-state index < -0.39 is 0 Å². The summed E-state index contributed by atoms with van der Waals surface area (Å²) >= 11 is 0. The molecule has 1 N–H and O–H groups in total. The van der Waals surface area contributed by atoms with Crippen molar-refractivity contribution in [3.8, 4) is 67.5 Å². The first-order chi connectivity index (χ1) is 30.6. The first-order valence-corrected chi connectivity index (χ1v) is 22.2. The van der Waals surface area contributed by atoms with Crippen LogP contribution in [0, 0.1) is 6.07 Å². The average molecular weight is 1030 g/mol. The van der Waals surface area contributed by atoms with E-state index in [9.17, 15) is 5.11 Å². The Kier molecular flexibility index (Phi) is 13.6. The zero-order valence-corrected chi connectivity index (χ0v) is 41.3. The number of hydrogen-bond acceptors (Lipinski definition) is 3. The molecule has 4 nitrogen and oxygen atoms in total. The Labute approximate surface area is 399 Å². The van der Waals surface area contributed by atoms with Gasteiger partial charge in [-0.2, -0.15) is 0 Å². The molecule has 0 amide bonds. The minimum absolute atomic E-state index is 0. The molecule has 0 spiro atoms. The number of rotatable bonds is 6. The largest absolute Gasteiger partial charge is 0.507 e. The summed E-state index contributed by atoms with van der Waals surface area (Å²) < 4.78 is 2.23. The van der Waals surface area contributed by atoms with Crippen LogP contribution < -0.4 is 0 Å². The number of hydrogen-bond donors (Lipinski definition) is 1. The number of aromatic nitrogens is 3. The van der Waals surface area contributed by atoms with Gasteiger partial charge < -0.3 is 10.1 Å². The van der Waals surface area contributed by atoms with Crippen LogP contribution in [0.4, 0.5) is 0 Å². The van der Waals surface area contributed by atoms with Crippen molar-refractivity contribution in [2.75, 3.05) is 0 Å². The predicted octanol–water partition coefficient (Wildman–Crippen LogP) is 15.8. The molecule has 7 aromatic carbocycles. The minimum Gasteiger partial charge on any atom is -0.507 e. The molecule has 0 aliphatic rings. The van der Waals surface area contributed by atoms with Gasteiger partial charge in [0.15, 0.2) is 0 Å².